The van der Waals surface area contributed by atoms with Gasteiger partial charge in [-0.1, -0.05) is 42.5 Å². The van der Waals surface area contributed by atoms with Crippen LogP contribution in [0.5, 0.6) is 0 Å². The van der Waals surface area contributed by atoms with Gasteiger partial charge in [-0.05, 0) is 57.5 Å². The van der Waals surface area contributed by atoms with Crippen LogP contribution in [0.25, 0.3) is 11.4 Å². The van der Waals surface area contributed by atoms with Gasteiger partial charge in [0.05, 0.1) is 29.7 Å². The van der Waals surface area contributed by atoms with Gasteiger partial charge in [0.15, 0.2) is 12.2 Å². The highest BCUT2D eigenvalue weighted by molar-refractivity contribution is 5.65. The van der Waals surface area contributed by atoms with Crippen molar-refractivity contribution in [3.8, 4) is 17.5 Å². The summed E-state index contributed by atoms with van der Waals surface area (Å²) in [5.41, 5.74) is 3.23. The maximum Gasteiger partial charge on any atom is 0.184 e. The minimum Gasteiger partial charge on any atom is -0.361 e. The SMILES string of the molecule is CN(C)[C@]1(c2ccccc2)CC[C@]2(CC1)CN(c1cnc(-c3ccccc3C#N)nc1)C(O)N2. The predicted molar refractivity (Wildman–Crippen MR) is 132 cm³/mol. The second kappa shape index (κ2) is 8.80. The Bertz CT molecular complexity index is 1180. The van der Waals surface area contributed by atoms with Crippen molar-refractivity contribution in [2.75, 3.05) is 25.5 Å². The number of nitriles is 1. The topological polar surface area (TPSA) is 88.3 Å². The molecule has 2 heterocycles. The van der Waals surface area contributed by atoms with E-state index in [9.17, 15) is 10.4 Å². The van der Waals surface area contributed by atoms with Crippen LogP contribution in [-0.4, -0.2) is 52.5 Å². The van der Waals surface area contributed by atoms with Crippen molar-refractivity contribution in [3.05, 3.63) is 78.1 Å². The average Bonchev–Trinajstić information content (AvgIpc) is 3.20. The number of hydrogen-bond donors (Lipinski definition) is 2. The molecule has 1 aliphatic carbocycles. The highest BCUT2D eigenvalue weighted by Crippen LogP contribution is 2.46. The van der Waals surface area contributed by atoms with E-state index in [0.29, 0.717) is 23.5 Å². The zero-order valence-corrected chi connectivity index (χ0v) is 19.6. The van der Waals surface area contributed by atoms with Gasteiger partial charge >= 0.3 is 0 Å². The van der Waals surface area contributed by atoms with E-state index in [1.165, 1.54) is 5.56 Å². The molecular weight excluding hydrogens is 424 g/mol. The van der Waals surface area contributed by atoms with E-state index < -0.39 is 6.35 Å². The monoisotopic (exact) mass is 454 g/mol. The van der Waals surface area contributed by atoms with Crippen LogP contribution in [0.2, 0.25) is 0 Å². The number of rotatable bonds is 4. The standard InChI is InChI=1S/C27H30N6O/c1-32(2)27(21-9-4-3-5-10-21)14-12-26(13-15-27)19-33(25(34)31-26)22-17-29-24(30-18-22)23-11-7-6-8-20(23)16-28/h3-11,17-18,25,31,34H,12-15,19H2,1-2H3/t25?,26-,27+. The van der Waals surface area contributed by atoms with Gasteiger partial charge < -0.3 is 10.0 Å². The summed E-state index contributed by atoms with van der Waals surface area (Å²) in [6.45, 7) is 0.698. The fraction of sp³-hybridized carbons (Fsp3) is 0.370. The minimum atomic E-state index is -0.788. The van der Waals surface area contributed by atoms with Crippen molar-refractivity contribution in [2.45, 2.75) is 43.1 Å². The maximum atomic E-state index is 10.9. The Morgan fingerprint density at radius 1 is 1.00 bits per heavy atom. The molecule has 1 unspecified atom stereocenters. The van der Waals surface area contributed by atoms with Gasteiger partial charge in [-0.2, -0.15) is 5.26 Å². The summed E-state index contributed by atoms with van der Waals surface area (Å²) >= 11 is 0. The minimum absolute atomic E-state index is 0.00541. The third-order valence-electron chi connectivity index (χ3n) is 7.66. The van der Waals surface area contributed by atoms with E-state index >= 15 is 0 Å². The van der Waals surface area contributed by atoms with Gasteiger partial charge in [0.1, 0.15) is 0 Å². The molecular formula is C27H30N6O. The molecule has 1 aliphatic heterocycles. The smallest absolute Gasteiger partial charge is 0.184 e. The molecule has 34 heavy (non-hydrogen) atoms. The number of anilines is 1. The van der Waals surface area contributed by atoms with E-state index in [1.54, 1.807) is 18.5 Å². The fourth-order valence-corrected chi connectivity index (χ4v) is 5.61. The second-order valence-corrected chi connectivity index (χ2v) is 9.64. The third kappa shape index (κ3) is 3.84. The van der Waals surface area contributed by atoms with Gasteiger partial charge in [0.2, 0.25) is 0 Å². The second-order valence-electron chi connectivity index (χ2n) is 9.64. The summed E-state index contributed by atoms with van der Waals surface area (Å²) in [7, 11) is 4.33. The highest BCUT2D eigenvalue weighted by atomic mass is 16.3. The first-order valence-corrected chi connectivity index (χ1v) is 11.7. The molecule has 0 bridgehead atoms. The number of aromatic nitrogens is 2. The first-order chi connectivity index (χ1) is 16.5. The van der Waals surface area contributed by atoms with E-state index in [1.807, 2.05) is 23.1 Å². The van der Waals surface area contributed by atoms with Crippen molar-refractivity contribution in [3.63, 3.8) is 0 Å². The lowest BCUT2D eigenvalue weighted by Crippen LogP contribution is -2.54. The van der Waals surface area contributed by atoms with E-state index in [2.05, 4.69) is 70.7 Å². The molecule has 2 fully saturated rings. The number of aliphatic hydroxyl groups is 1. The zero-order chi connectivity index (χ0) is 23.8. The Morgan fingerprint density at radius 3 is 2.29 bits per heavy atom. The molecule has 0 amide bonds. The number of hydrogen-bond acceptors (Lipinski definition) is 7. The van der Waals surface area contributed by atoms with Crippen molar-refractivity contribution in [1.82, 2.24) is 20.2 Å². The van der Waals surface area contributed by atoms with Gasteiger partial charge in [-0.3, -0.25) is 10.2 Å². The average molecular weight is 455 g/mol. The first-order valence-electron chi connectivity index (χ1n) is 11.7. The highest BCUT2D eigenvalue weighted by Gasteiger charge is 2.50. The van der Waals surface area contributed by atoms with Crippen molar-refractivity contribution in [1.29, 1.82) is 5.26 Å². The maximum absolute atomic E-state index is 10.9. The van der Waals surface area contributed by atoms with Crippen molar-refractivity contribution in [2.24, 2.45) is 0 Å². The van der Waals surface area contributed by atoms with Crippen LogP contribution < -0.4 is 10.2 Å². The molecule has 3 aromatic rings. The predicted octanol–water partition coefficient (Wildman–Crippen LogP) is 3.47. The largest absolute Gasteiger partial charge is 0.361 e. The van der Waals surface area contributed by atoms with Crippen LogP contribution in [0.1, 0.15) is 36.8 Å². The zero-order valence-electron chi connectivity index (χ0n) is 19.6. The van der Waals surface area contributed by atoms with Gasteiger partial charge in [0, 0.05) is 23.2 Å². The van der Waals surface area contributed by atoms with Crippen LogP contribution in [0, 0.1) is 11.3 Å². The molecule has 7 heteroatoms. The van der Waals surface area contributed by atoms with E-state index in [0.717, 1.165) is 31.4 Å². The fourth-order valence-electron chi connectivity index (χ4n) is 5.61. The van der Waals surface area contributed by atoms with Crippen LogP contribution in [0.3, 0.4) is 0 Å². The van der Waals surface area contributed by atoms with Crippen molar-refractivity contribution >= 4 is 5.69 Å². The summed E-state index contributed by atoms with van der Waals surface area (Å²) in [6.07, 6.45) is 6.62. The molecule has 2 aliphatic rings. The Labute approximate surface area is 200 Å². The quantitative estimate of drug-likeness (QED) is 0.624. The van der Waals surface area contributed by atoms with Crippen LogP contribution in [-0.2, 0) is 5.54 Å². The molecule has 174 valence electrons. The lowest BCUT2D eigenvalue weighted by molar-refractivity contribution is 0.0513. The molecule has 7 nitrogen and oxygen atoms in total. The number of benzene rings is 2. The van der Waals surface area contributed by atoms with Gasteiger partial charge in [-0.25, -0.2) is 9.97 Å². The van der Waals surface area contributed by atoms with Crippen LogP contribution in [0.15, 0.2) is 67.0 Å². The molecule has 1 spiro atoms. The van der Waals surface area contributed by atoms with Gasteiger partial charge in [-0.15, -0.1) is 0 Å². The van der Waals surface area contributed by atoms with Crippen LogP contribution in [0.4, 0.5) is 5.69 Å². The summed E-state index contributed by atoms with van der Waals surface area (Å²) < 4.78 is 0. The molecule has 1 atom stereocenters. The summed E-state index contributed by atoms with van der Waals surface area (Å²) in [4.78, 5) is 13.3. The summed E-state index contributed by atoms with van der Waals surface area (Å²) in [6, 6.07) is 20.2. The molecule has 5 rings (SSSR count). The summed E-state index contributed by atoms with van der Waals surface area (Å²) in [5, 5.41) is 23.7. The molecule has 2 N–H and O–H groups in total. The Hall–Kier alpha value is -3.31. The lowest BCUT2D eigenvalue weighted by Gasteiger charge is -2.49. The molecule has 1 saturated heterocycles. The molecule has 1 saturated carbocycles. The number of aliphatic hydroxyl groups excluding tert-OH is 1. The number of nitrogens with one attached hydrogen (secondary N) is 1. The third-order valence-corrected chi connectivity index (χ3v) is 7.66. The van der Waals surface area contributed by atoms with Gasteiger partial charge in [0.25, 0.3) is 0 Å². The van der Waals surface area contributed by atoms with E-state index in [-0.39, 0.29) is 11.1 Å². The van der Waals surface area contributed by atoms with Crippen LogP contribution >= 0.6 is 0 Å². The molecule has 0 radical (unpaired) electrons. The Kier molecular flexibility index (Phi) is 5.82. The molecule has 1 aromatic heterocycles. The summed E-state index contributed by atoms with van der Waals surface area (Å²) in [5.74, 6) is 0.508. The number of nitrogens with zero attached hydrogens (tertiary/aromatic N) is 5. The van der Waals surface area contributed by atoms with E-state index in [4.69, 9.17) is 0 Å². The first kappa shape index (κ1) is 22.5. The lowest BCUT2D eigenvalue weighted by atomic mass is 9.69. The molecule has 2 aromatic carbocycles. The Balaban J connectivity index is 1.33. The normalized spacial score (nSPS) is 26.7. The van der Waals surface area contributed by atoms with Crippen molar-refractivity contribution < 1.29 is 5.11 Å². The Morgan fingerprint density at radius 2 is 1.65 bits per heavy atom.